The number of ether oxygens (including phenoxy) is 1. The van der Waals surface area contributed by atoms with E-state index in [9.17, 15) is 22.4 Å². The number of benzene rings is 2. The van der Waals surface area contributed by atoms with E-state index in [1.807, 2.05) is 6.92 Å². The van der Waals surface area contributed by atoms with Crippen molar-refractivity contribution in [1.29, 1.82) is 0 Å². The Bertz CT molecular complexity index is 1080. The quantitative estimate of drug-likeness (QED) is 0.449. The van der Waals surface area contributed by atoms with Crippen LogP contribution in [0, 0.1) is 5.82 Å². The molecule has 1 atom stereocenters. The van der Waals surface area contributed by atoms with Crippen LogP contribution in [-0.2, 0) is 26.2 Å². The van der Waals surface area contributed by atoms with Crippen molar-refractivity contribution in [3.63, 3.8) is 0 Å². The zero-order valence-electron chi connectivity index (χ0n) is 20.7. The smallest absolute Gasteiger partial charge is 0.242 e. The van der Waals surface area contributed by atoms with Gasteiger partial charge in [-0.25, -0.2) is 12.8 Å². The molecule has 2 aromatic rings. The number of nitrogens with zero attached hydrogens (tertiary/aromatic N) is 2. The molecule has 2 aromatic carbocycles. The fourth-order valence-corrected chi connectivity index (χ4v) is 4.54. The lowest BCUT2D eigenvalue weighted by Gasteiger charge is -2.29. The minimum atomic E-state index is -3.58. The van der Waals surface area contributed by atoms with Crippen LogP contribution in [0.15, 0.2) is 48.5 Å². The van der Waals surface area contributed by atoms with Crippen LogP contribution < -0.4 is 14.4 Å². The molecule has 0 bridgehead atoms. The molecule has 2 amide bonds. The molecule has 0 aliphatic heterocycles. The first kappa shape index (κ1) is 28.1. The molecule has 0 aliphatic carbocycles. The van der Waals surface area contributed by atoms with Crippen LogP contribution >= 0.6 is 0 Å². The number of likely N-dealkylation sites (N-methyl/N-ethyl adjacent to an activating group) is 1. The molecule has 0 heterocycles. The molecule has 1 unspecified atom stereocenters. The maximum atomic E-state index is 13.3. The monoisotopic (exact) mass is 507 g/mol. The van der Waals surface area contributed by atoms with Gasteiger partial charge < -0.3 is 15.0 Å². The normalized spacial score (nSPS) is 12.0. The van der Waals surface area contributed by atoms with Gasteiger partial charge >= 0.3 is 0 Å². The van der Waals surface area contributed by atoms with Gasteiger partial charge in [-0.15, -0.1) is 0 Å². The standard InChI is InChI=1S/C25H34FN3O5S/c1-5-27-25(31)19(3)28(18-20-9-11-21(26)12-10-20)24(30)8-7-17-29(35(4,32)33)22-13-15-23(16-14-22)34-6-2/h9-16,19H,5-8,17-18H2,1-4H3,(H,27,31). The van der Waals surface area contributed by atoms with Crippen LogP contribution in [0.1, 0.15) is 39.2 Å². The van der Waals surface area contributed by atoms with Crippen molar-refractivity contribution in [3.05, 3.63) is 59.9 Å². The molecule has 35 heavy (non-hydrogen) atoms. The van der Waals surface area contributed by atoms with E-state index in [-0.39, 0.29) is 37.7 Å². The number of hydrogen-bond donors (Lipinski definition) is 1. The largest absolute Gasteiger partial charge is 0.494 e. The Kier molecular flexibility index (Phi) is 10.5. The van der Waals surface area contributed by atoms with Gasteiger partial charge in [0.15, 0.2) is 0 Å². The molecule has 1 N–H and O–H groups in total. The second-order valence-electron chi connectivity index (χ2n) is 8.08. The van der Waals surface area contributed by atoms with Crippen LogP contribution in [0.3, 0.4) is 0 Å². The number of anilines is 1. The van der Waals surface area contributed by atoms with Crippen molar-refractivity contribution in [2.24, 2.45) is 0 Å². The van der Waals surface area contributed by atoms with Crippen LogP contribution in [0.25, 0.3) is 0 Å². The van der Waals surface area contributed by atoms with E-state index >= 15 is 0 Å². The lowest BCUT2D eigenvalue weighted by atomic mass is 10.1. The number of carbonyl (C=O) groups is 2. The fourth-order valence-electron chi connectivity index (χ4n) is 3.57. The predicted molar refractivity (Wildman–Crippen MR) is 134 cm³/mol. The minimum Gasteiger partial charge on any atom is -0.494 e. The highest BCUT2D eigenvalue weighted by molar-refractivity contribution is 7.92. The van der Waals surface area contributed by atoms with Crippen LogP contribution in [0.2, 0.25) is 0 Å². The summed E-state index contributed by atoms with van der Waals surface area (Å²) in [7, 11) is -3.58. The third-order valence-corrected chi connectivity index (χ3v) is 6.57. The van der Waals surface area contributed by atoms with E-state index in [0.29, 0.717) is 30.2 Å². The summed E-state index contributed by atoms with van der Waals surface area (Å²) in [6.07, 6.45) is 1.40. The summed E-state index contributed by atoms with van der Waals surface area (Å²) in [5.74, 6) is -0.349. The first-order valence-electron chi connectivity index (χ1n) is 11.6. The zero-order chi connectivity index (χ0) is 26.0. The van der Waals surface area contributed by atoms with E-state index in [0.717, 1.165) is 6.26 Å². The summed E-state index contributed by atoms with van der Waals surface area (Å²) in [5.41, 5.74) is 1.16. The number of amides is 2. The molecule has 192 valence electrons. The average molecular weight is 508 g/mol. The Balaban J connectivity index is 2.13. The van der Waals surface area contributed by atoms with E-state index in [2.05, 4.69) is 5.32 Å². The molecule has 0 saturated carbocycles. The van der Waals surface area contributed by atoms with E-state index in [1.54, 1.807) is 50.2 Å². The molecule has 0 aromatic heterocycles. The minimum absolute atomic E-state index is 0.0357. The Morgan fingerprint density at radius 3 is 2.23 bits per heavy atom. The highest BCUT2D eigenvalue weighted by atomic mass is 32.2. The second kappa shape index (κ2) is 13.1. The molecule has 0 fully saturated rings. The zero-order valence-corrected chi connectivity index (χ0v) is 21.5. The molecular formula is C25H34FN3O5S. The van der Waals surface area contributed by atoms with Gasteiger partial charge in [-0.2, -0.15) is 0 Å². The Labute approximate surface area is 207 Å². The number of nitrogens with one attached hydrogen (secondary N) is 1. The molecule has 2 rings (SSSR count). The molecule has 0 aliphatic rings. The van der Waals surface area contributed by atoms with Gasteiger partial charge in [-0.1, -0.05) is 12.1 Å². The molecule has 0 spiro atoms. The Hall–Kier alpha value is -3.14. The van der Waals surface area contributed by atoms with Gasteiger partial charge in [0.05, 0.1) is 18.6 Å². The van der Waals surface area contributed by atoms with E-state index in [4.69, 9.17) is 4.74 Å². The summed E-state index contributed by atoms with van der Waals surface area (Å²) in [6, 6.07) is 11.7. The van der Waals surface area contributed by atoms with E-state index < -0.39 is 21.9 Å². The third kappa shape index (κ3) is 8.54. The third-order valence-electron chi connectivity index (χ3n) is 5.37. The molecule has 10 heteroatoms. The van der Waals surface area contributed by atoms with Gasteiger partial charge in [0.2, 0.25) is 21.8 Å². The average Bonchev–Trinajstić information content (AvgIpc) is 2.81. The van der Waals surface area contributed by atoms with Crippen molar-refractivity contribution in [3.8, 4) is 5.75 Å². The van der Waals surface area contributed by atoms with Gasteiger partial charge in [-0.3, -0.25) is 13.9 Å². The summed E-state index contributed by atoms with van der Waals surface area (Å²) in [4.78, 5) is 27.0. The van der Waals surface area contributed by atoms with Crippen molar-refractivity contribution >= 4 is 27.5 Å². The van der Waals surface area contributed by atoms with Crippen LogP contribution in [0.4, 0.5) is 10.1 Å². The summed E-state index contributed by atoms with van der Waals surface area (Å²) in [6.45, 7) is 6.44. The SMILES string of the molecule is CCNC(=O)C(C)N(Cc1ccc(F)cc1)C(=O)CCCN(c1ccc(OCC)cc1)S(C)(=O)=O. The summed E-state index contributed by atoms with van der Waals surface area (Å²) < 4.78 is 44.8. The molecule has 0 radical (unpaired) electrons. The first-order valence-corrected chi connectivity index (χ1v) is 13.4. The number of hydrogen-bond acceptors (Lipinski definition) is 5. The molecule has 8 nitrogen and oxygen atoms in total. The van der Waals surface area contributed by atoms with Gasteiger partial charge in [-0.05, 0) is 69.2 Å². The first-order chi connectivity index (χ1) is 16.6. The highest BCUT2D eigenvalue weighted by Crippen LogP contribution is 2.22. The van der Waals surface area contributed by atoms with Crippen LogP contribution in [0.5, 0.6) is 5.75 Å². The summed E-state index contributed by atoms with van der Waals surface area (Å²) >= 11 is 0. The highest BCUT2D eigenvalue weighted by Gasteiger charge is 2.26. The van der Waals surface area contributed by atoms with Gasteiger partial charge in [0.1, 0.15) is 17.6 Å². The number of sulfonamides is 1. The summed E-state index contributed by atoms with van der Waals surface area (Å²) in [5, 5.41) is 2.71. The maximum Gasteiger partial charge on any atom is 0.242 e. The van der Waals surface area contributed by atoms with Crippen molar-refractivity contribution in [2.75, 3.05) is 30.3 Å². The van der Waals surface area contributed by atoms with Crippen molar-refractivity contribution in [2.45, 2.75) is 46.2 Å². The molecular weight excluding hydrogens is 473 g/mol. The second-order valence-corrected chi connectivity index (χ2v) is 9.99. The van der Waals surface area contributed by atoms with Gasteiger partial charge in [0, 0.05) is 26.1 Å². The number of carbonyl (C=O) groups excluding carboxylic acids is 2. The molecule has 0 saturated heterocycles. The topological polar surface area (TPSA) is 96.0 Å². The van der Waals surface area contributed by atoms with E-state index in [1.165, 1.54) is 21.3 Å². The maximum absolute atomic E-state index is 13.3. The van der Waals surface area contributed by atoms with Crippen molar-refractivity contribution < 1.29 is 27.1 Å². The van der Waals surface area contributed by atoms with Crippen LogP contribution in [-0.4, -0.2) is 57.1 Å². The lowest BCUT2D eigenvalue weighted by Crippen LogP contribution is -2.47. The van der Waals surface area contributed by atoms with Crippen molar-refractivity contribution in [1.82, 2.24) is 10.2 Å². The Morgan fingerprint density at radius 2 is 1.69 bits per heavy atom. The lowest BCUT2D eigenvalue weighted by molar-refractivity contribution is -0.140. The Morgan fingerprint density at radius 1 is 1.06 bits per heavy atom. The number of rotatable bonds is 13. The predicted octanol–water partition coefficient (Wildman–Crippen LogP) is 3.32. The van der Waals surface area contributed by atoms with Gasteiger partial charge in [0.25, 0.3) is 0 Å². The fraction of sp³-hybridized carbons (Fsp3) is 0.440. The number of halogens is 1.